The second-order valence-corrected chi connectivity index (χ2v) is 4.60. The first kappa shape index (κ1) is 14.4. The molecule has 1 unspecified atom stereocenters. The van der Waals surface area contributed by atoms with Gasteiger partial charge in [0.1, 0.15) is 0 Å². The van der Waals surface area contributed by atoms with Gasteiger partial charge in [0.05, 0.1) is 13.2 Å². The Morgan fingerprint density at radius 1 is 1.47 bits per heavy atom. The van der Waals surface area contributed by atoms with Crippen LogP contribution in [0.3, 0.4) is 0 Å². The first-order valence-corrected chi connectivity index (χ1v) is 6.40. The molecule has 1 heterocycles. The smallest absolute Gasteiger partial charge is 0.234 e. The number of likely N-dealkylation sites (N-methyl/N-ethyl adjacent to an activating group) is 1. The Morgan fingerprint density at radius 3 is 3.00 bits per heavy atom. The van der Waals surface area contributed by atoms with Crippen LogP contribution in [0, 0.1) is 0 Å². The highest BCUT2D eigenvalue weighted by Gasteiger charge is 2.18. The van der Waals surface area contributed by atoms with Gasteiger partial charge in [0.25, 0.3) is 0 Å². The fraction of sp³-hybridized carbons (Fsp3) is 0.917. The number of hydrogen-bond acceptors (Lipinski definition) is 4. The normalized spacial score (nSPS) is 21.4. The van der Waals surface area contributed by atoms with Gasteiger partial charge in [-0.2, -0.15) is 0 Å². The van der Waals surface area contributed by atoms with Crippen LogP contribution in [0.25, 0.3) is 0 Å². The van der Waals surface area contributed by atoms with Gasteiger partial charge >= 0.3 is 0 Å². The summed E-state index contributed by atoms with van der Waals surface area (Å²) in [7, 11) is 3.79. The van der Waals surface area contributed by atoms with Crippen LogP contribution in [0.2, 0.25) is 0 Å². The molecule has 1 atom stereocenters. The Hall–Kier alpha value is -0.650. The summed E-state index contributed by atoms with van der Waals surface area (Å²) in [6.45, 7) is 3.62. The average Bonchev–Trinajstić information content (AvgIpc) is 2.32. The summed E-state index contributed by atoms with van der Waals surface area (Å²) in [6, 6.07) is 0.579. The number of carbonyl (C=O) groups excluding carboxylic acids is 1. The van der Waals surface area contributed by atoms with Crippen LogP contribution in [0.5, 0.6) is 0 Å². The van der Waals surface area contributed by atoms with Crippen LogP contribution < -0.4 is 10.6 Å². The van der Waals surface area contributed by atoms with Crippen molar-refractivity contribution in [2.24, 2.45) is 0 Å². The molecule has 5 heteroatoms. The lowest BCUT2D eigenvalue weighted by atomic mass is 10.0. The summed E-state index contributed by atoms with van der Waals surface area (Å²) < 4.78 is 4.86. The fourth-order valence-electron chi connectivity index (χ4n) is 2.11. The zero-order valence-corrected chi connectivity index (χ0v) is 11.0. The van der Waals surface area contributed by atoms with Crippen molar-refractivity contribution >= 4 is 5.91 Å². The van der Waals surface area contributed by atoms with Gasteiger partial charge in [-0.25, -0.2) is 0 Å². The summed E-state index contributed by atoms with van der Waals surface area (Å²) in [5, 5.41) is 6.01. The Balaban J connectivity index is 2.04. The molecule has 1 aliphatic heterocycles. The van der Waals surface area contributed by atoms with Crippen molar-refractivity contribution in [3.05, 3.63) is 0 Å². The second-order valence-electron chi connectivity index (χ2n) is 4.60. The van der Waals surface area contributed by atoms with Gasteiger partial charge in [-0.05, 0) is 26.4 Å². The zero-order chi connectivity index (χ0) is 12.5. The van der Waals surface area contributed by atoms with Crippen molar-refractivity contribution in [1.82, 2.24) is 15.5 Å². The van der Waals surface area contributed by atoms with Crippen LogP contribution in [0.1, 0.15) is 19.3 Å². The lowest BCUT2D eigenvalue weighted by molar-refractivity contribution is -0.120. The van der Waals surface area contributed by atoms with E-state index < -0.39 is 0 Å². The third-order valence-corrected chi connectivity index (χ3v) is 3.22. The van der Waals surface area contributed by atoms with E-state index in [-0.39, 0.29) is 5.91 Å². The molecule has 0 aromatic carbocycles. The summed E-state index contributed by atoms with van der Waals surface area (Å²) in [6.07, 6.45) is 3.83. The number of likely N-dealkylation sites (tertiary alicyclic amines) is 1. The van der Waals surface area contributed by atoms with E-state index in [4.69, 9.17) is 4.74 Å². The van der Waals surface area contributed by atoms with E-state index in [1.807, 2.05) is 0 Å². The summed E-state index contributed by atoms with van der Waals surface area (Å²) in [4.78, 5) is 13.8. The minimum absolute atomic E-state index is 0.0421. The van der Waals surface area contributed by atoms with Crippen molar-refractivity contribution in [3.63, 3.8) is 0 Å². The molecule has 1 amide bonds. The lowest BCUT2D eigenvalue weighted by Gasteiger charge is -2.32. The number of carbonyl (C=O) groups is 1. The van der Waals surface area contributed by atoms with Crippen LogP contribution >= 0.6 is 0 Å². The minimum atomic E-state index is 0.0421. The van der Waals surface area contributed by atoms with Crippen LogP contribution in [0.4, 0.5) is 0 Å². The average molecular weight is 243 g/mol. The standard InChI is InChI=1S/C12H25N3O2/c1-15-7-4-3-5-11(15)9-13-10-12(16)14-6-8-17-2/h11,13H,3-10H2,1-2H3,(H,14,16). The molecule has 1 rings (SSSR count). The topological polar surface area (TPSA) is 53.6 Å². The first-order chi connectivity index (χ1) is 8.24. The maximum atomic E-state index is 11.4. The van der Waals surface area contributed by atoms with E-state index in [0.29, 0.717) is 25.7 Å². The molecule has 0 bridgehead atoms. The van der Waals surface area contributed by atoms with Gasteiger partial charge in [-0.3, -0.25) is 4.79 Å². The van der Waals surface area contributed by atoms with Crippen molar-refractivity contribution in [3.8, 4) is 0 Å². The van der Waals surface area contributed by atoms with Crippen molar-refractivity contribution in [1.29, 1.82) is 0 Å². The van der Waals surface area contributed by atoms with Crippen molar-refractivity contribution in [2.75, 3.05) is 46.9 Å². The summed E-state index contributed by atoms with van der Waals surface area (Å²) in [5.74, 6) is 0.0421. The summed E-state index contributed by atoms with van der Waals surface area (Å²) >= 11 is 0. The minimum Gasteiger partial charge on any atom is -0.383 e. The number of nitrogens with zero attached hydrogens (tertiary/aromatic N) is 1. The quantitative estimate of drug-likeness (QED) is 0.609. The number of ether oxygens (including phenoxy) is 1. The van der Waals surface area contributed by atoms with E-state index >= 15 is 0 Å². The lowest BCUT2D eigenvalue weighted by Crippen LogP contribution is -2.45. The molecule has 100 valence electrons. The Labute approximate surface area is 104 Å². The van der Waals surface area contributed by atoms with E-state index in [0.717, 1.165) is 6.54 Å². The maximum Gasteiger partial charge on any atom is 0.234 e. The SMILES string of the molecule is COCCNC(=O)CNCC1CCCCN1C. The zero-order valence-electron chi connectivity index (χ0n) is 11.0. The van der Waals surface area contributed by atoms with Gasteiger partial charge in [-0.15, -0.1) is 0 Å². The van der Waals surface area contributed by atoms with Crippen molar-refractivity contribution in [2.45, 2.75) is 25.3 Å². The van der Waals surface area contributed by atoms with Crippen LogP contribution in [-0.4, -0.2) is 63.8 Å². The number of hydrogen-bond donors (Lipinski definition) is 2. The highest BCUT2D eigenvalue weighted by atomic mass is 16.5. The van der Waals surface area contributed by atoms with Crippen LogP contribution in [0.15, 0.2) is 0 Å². The third-order valence-electron chi connectivity index (χ3n) is 3.22. The molecule has 0 aliphatic carbocycles. The van der Waals surface area contributed by atoms with Gasteiger partial charge in [0, 0.05) is 26.2 Å². The second kappa shape index (κ2) is 8.44. The van der Waals surface area contributed by atoms with E-state index in [1.54, 1.807) is 7.11 Å². The predicted molar refractivity (Wildman–Crippen MR) is 68.0 cm³/mol. The molecule has 0 aromatic rings. The molecule has 5 nitrogen and oxygen atoms in total. The highest BCUT2D eigenvalue weighted by molar-refractivity contribution is 5.77. The fourth-order valence-corrected chi connectivity index (χ4v) is 2.11. The number of piperidine rings is 1. The van der Waals surface area contributed by atoms with Crippen molar-refractivity contribution < 1.29 is 9.53 Å². The number of rotatable bonds is 7. The maximum absolute atomic E-state index is 11.4. The molecule has 17 heavy (non-hydrogen) atoms. The number of methoxy groups -OCH3 is 1. The Morgan fingerprint density at radius 2 is 2.29 bits per heavy atom. The molecule has 0 aromatic heterocycles. The van der Waals surface area contributed by atoms with E-state index in [1.165, 1.54) is 25.8 Å². The molecular formula is C12H25N3O2. The molecule has 0 saturated carbocycles. The molecule has 0 spiro atoms. The third kappa shape index (κ3) is 6.00. The van der Waals surface area contributed by atoms with E-state index in [9.17, 15) is 4.79 Å². The van der Waals surface area contributed by atoms with Crippen LogP contribution in [-0.2, 0) is 9.53 Å². The predicted octanol–water partition coefficient (Wildman–Crippen LogP) is -0.177. The molecule has 0 radical (unpaired) electrons. The Kier molecular flexibility index (Phi) is 7.16. The summed E-state index contributed by atoms with van der Waals surface area (Å²) in [5.41, 5.74) is 0. The van der Waals surface area contributed by atoms with Gasteiger partial charge < -0.3 is 20.3 Å². The Bertz CT molecular complexity index is 224. The van der Waals surface area contributed by atoms with E-state index in [2.05, 4.69) is 22.6 Å². The number of amides is 1. The molecular weight excluding hydrogens is 218 g/mol. The van der Waals surface area contributed by atoms with Gasteiger partial charge in [0.15, 0.2) is 0 Å². The number of nitrogens with one attached hydrogen (secondary N) is 2. The van der Waals surface area contributed by atoms with Gasteiger partial charge in [-0.1, -0.05) is 6.42 Å². The molecule has 1 fully saturated rings. The highest BCUT2D eigenvalue weighted by Crippen LogP contribution is 2.13. The molecule has 2 N–H and O–H groups in total. The molecule has 1 saturated heterocycles. The first-order valence-electron chi connectivity index (χ1n) is 6.40. The monoisotopic (exact) mass is 243 g/mol. The van der Waals surface area contributed by atoms with Gasteiger partial charge in [0.2, 0.25) is 5.91 Å². The largest absolute Gasteiger partial charge is 0.383 e. The molecule has 1 aliphatic rings.